The number of hydrogen-bond donors (Lipinski definition) is 3. The summed E-state index contributed by atoms with van der Waals surface area (Å²) in [7, 11) is -3.65. The van der Waals surface area contributed by atoms with E-state index in [0.717, 1.165) is 12.8 Å². The van der Waals surface area contributed by atoms with Crippen LogP contribution in [-0.2, 0) is 10.0 Å². The maximum atomic E-state index is 12.4. The molecule has 1 saturated carbocycles. The second-order valence-corrected chi connectivity index (χ2v) is 8.71. The van der Waals surface area contributed by atoms with Crippen molar-refractivity contribution >= 4 is 50.5 Å². The smallest absolute Gasteiger partial charge is 0.255 e. The molecule has 1 amide bonds. The summed E-state index contributed by atoms with van der Waals surface area (Å²) in [6.45, 7) is 0.418. The summed E-state index contributed by atoms with van der Waals surface area (Å²) in [5.41, 5.74) is 6.45. The van der Waals surface area contributed by atoms with Gasteiger partial charge in [-0.05, 0) is 49.1 Å². The Bertz CT molecular complexity index is 936. The molecule has 0 heterocycles. The number of rotatable bonds is 6. The summed E-state index contributed by atoms with van der Waals surface area (Å²) in [6.07, 6.45) is 2.08. The van der Waals surface area contributed by atoms with E-state index in [2.05, 4.69) is 10.0 Å². The van der Waals surface area contributed by atoms with Gasteiger partial charge in [0.1, 0.15) is 0 Å². The fourth-order valence-electron chi connectivity index (χ4n) is 2.30. The number of nitrogen functional groups attached to an aromatic ring is 1. The first-order valence-corrected chi connectivity index (χ1v) is 10.2. The highest BCUT2D eigenvalue weighted by molar-refractivity contribution is 7.89. The highest BCUT2D eigenvalue weighted by Gasteiger charge is 2.24. The van der Waals surface area contributed by atoms with Crippen molar-refractivity contribution in [2.75, 3.05) is 17.6 Å². The molecule has 2 aromatic rings. The van der Waals surface area contributed by atoms with Gasteiger partial charge in [-0.1, -0.05) is 29.3 Å². The normalized spacial score (nSPS) is 14.2. The third-order valence-electron chi connectivity index (χ3n) is 4.00. The van der Waals surface area contributed by atoms with Crippen molar-refractivity contribution in [3.63, 3.8) is 0 Å². The molecule has 0 radical (unpaired) electrons. The van der Waals surface area contributed by atoms with Crippen molar-refractivity contribution in [3.8, 4) is 0 Å². The molecular formula is C17H17Cl2N3O3S. The SMILES string of the molecule is Nc1c(Cl)cc(NC(=O)c2cccc(S(=O)(=O)NCC3CC3)c2)cc1Cl. The minimum atomic E-state index is -3.65. The number of amides is 1. The van der Waals surface area contributed by atoms with Gasteiger partial charge in [0.05, 0.1) is 20.6 Å². The molecule has 0 atom stereocenters. The van der Waals surface area contributed by atoms with Crippen LogP contribution in [0.15, 0.2) is 41.3 Å². The molecule has 4 N–H and O–H groups in total. The molecule has 0 aromatic heterocycles. The van der Waals surface area contributed by atoms with Crippen LogP contribution in [-0.4, -0.2) is 20.9 Å². The van der Waals surface area contributed by atoms with Crippen molar-refractivity contribution in [1.29, 1.82) is 0 Å². The molecule has 0 spiro atoms. The van der Waals surface area contributed by atoms with Crippen LogP contribution in [0.1, 0.15) is 23.2 Å². The van der Waals surface area contributed by atoms with Crippen LogP contribution in [0.4, 0.5) is 11.4 Å². The maximum absolute atomic E-state index is 12.4. The first kappa shape index (κ1) is 19.0. The second kappa shape index (κ2) is 7.44. The Morgan fingerprint density at radius 1 is 1.15 bits per heavy atom. The van der Waals surface area contributed by atoms with Gasteiger partial charge in [0, 0.05) is 17.8 Å². The zero-order chi connectivity index (χ0) is 18.9. The monoisotopic (exact) mass is 413 g/mol. The van der Waals surface area contributed by atoms with Gasteiger partial charge in [-0.3, -0.25) is 4.79 Å². The summed E-state index contributed by atoms with van der Waals surface area (Å²) in [6, 6.07) is 8.75. The maximum Gasteiger partial charge on any atom is 0.255 e. The number of benzene rings is 2. The van der Waals surface area contributed by atoms with E-state index >= 15 is 0 Å². The first-order valence-electron chi connectivity index (χ1n) is 7.92. The largest absolute Gasteiger partial charge is 0.396 e. The number of carbonyl (C=O) groups is 1. The van der Waals surface area contributed by atoms with Crippen LogP contribution in [0.2, 0.25) is 10.0 Å². The zero-order valence-corrected chi connectivity index (χ0v) is 16.0. The van der Waals surface area contributed by atoms with E-state index in [0.29, 0.717) is 18.2 Å². The zero-order valence-electron chi connectivity index (χ0n) is 13.6. The fraction of sp³-hybridized carbons (Fsp3) is 0.235. The van der Waals surface area contributed by atoms with Gasteiger partial charge in [0.2, 0.25) is 10.0 Å². The van der Waals surface area contributed by atoms with Gasteiger partial charge in [-0.2, -0.15) is 0 Å². The highest BCUT2D eigenvalue weighted by Crippen LogP contribution is 2.31. The number of halogens is 2. The van der Waals surface area contributed by atoms with E-state index in [1.807, 2.05) is 0 Å². The fourth-order valence-corrected chi connectivity index (χ4v) is 3.95. The summed E-state index contributed by atoms with van der Waals surface area (Å²) in [5, 5.41) is 3.06. The quantitative estimate of drug-likeness (QED) is 0.630. The molecule has 9 heteroatoms. The van der Waals surface area contributed by atoms with Crippen molar-refractivity contribution in [3.05, 3.63) is 52.0 Å². The molecule has 1 fully saturated rings. The van der Waals surface area contributed by atoms with Crippen LogP contribution in [0, 0.1) is 5.92 Å². The third-order valence-corrected chi connectivity index (χ3v) is 6.05. The van der Waals surface area contributed by atoms with Crippen LogP contribution in [0.25, 0.3) is 0 Å². The molecular weight excluding hydrogens is 397 g/mol. The lowest BCUT2D eigenvalue weighted by molar-refractivity contribution is 0.102. The highest BCUT2D eigenvalue weighted by atomic mass is 35.5. The van der Waals surface area contributed by atoms with Crippen molar-refractivity contribution < 1.29 is 13.2 Å². The molecule has 1 aliphatic carbocycles. The molecule has 0 saturated heterocycles. The molecule has 138 valence electrons. The average molecular weight is 414 g/mol. The van der Waals surface area contributed by atoms with Gasteiger partial charge < -0.3 is 11.1 Å². The van der Waals surface area contributed by atoms with Crippen LogP contribution in [0.5, 0.6) is 0 Å². The Balaban J connectivity index is 1.77. The number of hydrogen-bond acceptors (Lipinski definition) is 4. The predicted molar refractivity (Wildman–Crippen MR) is 103 cm³/mol. The lowest BCUT2D eigenvalue weighted by Gasteiger charge is -2.10. The summed E-state index contributed by atoms with van der Waals surface area (Å²) >= 11 is 11.9. The summed E-state index contributed by atoms with van der Waals surface area (Å²) in [5.74, 6) is -0.0718. The minimum absolute atomic E-state index is 0.0409. The topological polar surface area (TPSA) is 101 Å². The van der Waals surface area contributed by atoms with Crippen LogP contribution >= 0.6 is 23.2 Å². The van der Waals surface area contributed by atoms with Crippen molar-refractivity contribution in [2.45, 2.75) is 17.7 Å². The predicted octanol–water partition coefficient (Wildman–Crippen LogP) is 3.52. The molecule has 26 heavy (non-hydrogen) atoms. The number of nitrogens with one attached hydrogen (secondary N) is 2. The van der Waals surface area contributed by atoms with Gasteiger partial charge in [-0.25, -0.2) is 13.1 Å². The van der Waals surface area contributed by atoms with E-state index in [4.69, 9.17) is 28.9 Å². The van der Waals surface area contributed by atoms with Gasteiger partial charge in [-0.15, -0.1) is 0 Å². The number of sulfonamides is 1. The van der Waals surface area contributed by atoms with Gasteiger partial charge >= 0.3 is 0 Å². The Labute approximate surface area is 161 Å². The number of nitrogens with two attached hydrogens (primary N) is 1. The number of carbonyl (C=O) groups excluding carboxylic acids is 1. The Kier molecular flexibility index (Phi) is 5.43. The Hall–Kier alpha value is -1.80. The van der Waals surface area contributed by atoms with Crippen LogP contribution in [0.3, 0.4) is 0 Å². The minimum Gasteiger partial charge on any atom is -0.396 e. The van der Waals surface area contributed by atoms with E-state index in [9.17, 15) is 13.2 Å². The molecule has 2 aromatic carbocycles. The standard InChI is InChI=1S/C17H17Cl2N3O3S/c18-14-7-12(8-15(19)16(14)20)22-17(23)11-2-1-3-13(6-11)26(24,25)21-9-10-4-5-10/h1-3,6-8,10,21H,4-5,9,20H2,(H,22,23). The first-order chi connectivity index (χ1) is 12.3. The lowest BCUT2D eigenvalue weighted by atomic mass is 10.2. The molecule has 0 unspecified atom stereocenters. The molecule has 3 rings (SSSR count). The third kappa shape index (κ3) is 4.48. The van der Waals surface area contributed by atoms with E-state index in [1.165, 1.54) is 36.4 Å². The van der Waals surface area contributed by atoms with Gasteiger partial charge in [0.15, 0.2) is 0 Å². The molecule has 1 aliphatic rings. The Morgan fingerprint density at radius 3 is 2.42 bits per heavy atom. The lowest BCUT2D eigenvalue weighted by Crippen LogP contribution is -2.26. The molecule has 6 nitrogen and oxygen atoms in total. The van der Waals surface area contributed by atoms with E-state index in [1.54, 1.807) is 0 Å². The summed E-state index contributed by atoms with van der Waals surface area (Å²) < 4.78 is 27.2. The van der Waals surface area contributed by atoms with E-state index < -0.39 is 15.9 Å². The second-order valence-electron chi connectivity index (χ2n) is 6.13. The van der Waals surface area contributed by atoms with E-state index in [-0.39, 0.29) is 26.2 Å². The average Bonchev–Trinajstić information content (AvgIpc) is 3.42. The summed E-state index contributed by atoms with van der Waals surface area (Å²) in [4.78, 5) is 12.5. The van der Waals surface area contributed by atoms with Gasteiger partial charge in [0.25, 0.3) is 5.91 Å². The molecule has 0 bridgehead atoms. The van der Waals surface area contributed by atoms with Crippen molar-refractivity contribution in [2.24, 2.45) is 5.92 Å². The Morgan fingerprint density at radius 2 is 1.81 bits per heavy atom. The molecule has 0 aliphatic heterocycles. The van der Waals surface area contributed by atoms with Crippen LogP contribution < -0.4 is 15.8 Å². The number of anilines is 2. The van der Waals surface area contributed by atoms with Crippen molar-refractivity contribution in [1.82, 2.24) is 4.72 Å².